The van der Waals surface area contributed by atoms with Gasteiger partial charge in [0, 0.05) is 61.2 Å². The summed E-state index contributed by atoms with van der Waals surface area (Å²) < 4.78 is 27.2. The van der Waals surface area contributed by atoms with Crippen molar-refractivity contribution in [1.82, 2.24) is 30.8 Å². The van der Waals surface area contributed by atoms with Crippen LogP contribution in [-0.2, 0) is 69.8 Å². The van der Waals surface area contributed by atoms with Gasteiger partial charge in [0.05, 0.1) is 47.6 Å². The molecule has 0 saturated carbocycles. The number of pyridine rings is 2. The summed E-state index contributed by atoms with van der Waals surface area (Å²) in [6, 6.07) is 10.5. The number of nitrogens with zero attached hydrogens (tertiary/aromatic N) is 2. The van der Waals surface area contributed by atoms with E-state index in [-0.39, 0.29) is 100 Å². The number of aryl methyl sites for hydroxylation is 1. The monoisotopic (exact) mass is 936 g/mol. The van der Waals surface area contributed by atoms with Crippen LogP contribution in [0.2, 0.25) is 0 Å². The molecule has 18 heteroatoms. The van der Waals surface area contributed by atoms with Gasteiger partial charge in [-0.3, -0.25) is 28.8 Å². The number of esters is 1. The summed E-state index contributed by atoms with van der Waals surface area (Å²) in [5, 5.41) is 23.0. The molecule has 0 bridgehead atoms. The molecule has 0 fully saturated rings. The highest BCUT2D eigenvalue weighted by molar-refractivity contribution is 5.95. The molecule has 360 valence electrons. The van der Waals surface area contributed by atoms with Gasteiger partial charge in [0.15, 0.2) is 17.2 Å². The standard InChI is InChI=1S/C50H57FN6O11/c1-6-50(66)33-22-38-45-31(25-57(38)46(63)32(33)26-67-47(50)64)44-35(16-15-30-27(2)34(51)23-37(56-45)43(30)44)54-41(61)13-10-20-52-40(60)19-17-39(59)36(21-28-11-8-7-9-12-28)55-42(62)18-14-29(58)24-53-48(65)68-49(3,4)5/h7-9,11-12,22-23,35-36,66H,6,10,13-21,24-26H2,1-5H3,(H,52,60)(H,53,65)(H,54,61)(H,55,62)/t35-,36-,50-/m0/s1. The zero-order valence-electron chi connectivity index (χ0n) is 38.9. The third kappa shape index (κ3) is 10.6. The summed E-state index contributed by atoms with van der Waals surface area (Å²) in [5.41, 5.74) is 1.66. The molecule has 2 aromatic heterocycles. The number of halogens is 1. The number of fused-ring (bicyclic) bond motifs is 5. The van der Waals surface area contributed by atoms with Crippen LogP contribution in [0.4, 0.5) is 9.18 Å². The first kappa shape index (κ1) is 49.1. The minimum atomic E-state index is -2.03. The van der Waals surface area contributed by atoms with E-state index in [1.54, 1.807) is 52.8 Å². The molecule has 17 nitrogen and oxygen atoms in total. The van der Waals surface area contributed by atoms with Crippen LogP contribution in [0.25, 0.3) is 22.3 Å². The zero-order chi connectivity index (χ0) is 49.1. The van der Waals surface area contributed by atoms with Gasteiger partial charge >= 0.3 is 12.1 Å². The lowest BCUT2D eigenvalue weighted by Crippen LogP contribution is -2.44. The first-order valence-electron chi connectivity index (χ1n) is 23.0. The maximum absolute atomic E-state index is 15.3. The Hall–Kier alpha value is -6.82. The zero-order valence-corrected chi connectivity index (χ0v) is 38.9. The highest BCUT2D eigenvalue weighted by Crippen LogP contribution is 2.46. The number of aliphatic hydroxyl groups is 1. The number of cyclic esters (lactones) is 1. The quantitative estimate of drug-likeness (QED) is 0.0604. The van der Waals surface area contributed by atoms with Crippen molar-refractivity contribution in [3.05, 3.63) is 97.6 Å². The molecule has 7 rings (SSSR count). The molecule has 4 heterocycles. The van der Waals surface area contributed by atoms with Gasteiger partial charge < -0.3 is 40.4 Å². The van der Waals surface area contributed by atoms with E-state index in [1.807, 2.05) is 18.2 Å². The highest BCUT2D eigenvalue weighted by Gasteiger charge is 2.46. The van der Waals surface area contributed by atoms with E-state index in [4.69, 9.17) is 14.5 Å². The largest absolute Gasteiger partial charge is 0.458 e. The molecule has 0 saturated heterocycles. The number of Topliss-reactive ketones (excluding diaryl/α,β-unsaturated/α-hetero) is 2. The number of nitrogens with one attached hydrogen (secondary N) is 4. The van der Waals surface area contributed by atoms with Gasteiger partial charge in [0.25, 0.3) is 5.56 Å². The topological polar surface area (TPSA) is 241 Å². The lowest BCUT2D eigenvalue weighted by atomic mass is 9.81. The molecule has 0 unspecified atom stereocenters. The molecule has 3 aliphatic rings. The number of aromatic nitrogens is 2. The van der Waals surface area contributed by atoms with Crippen molar-refractivity contribution in [2.24, 2.45) is 0 Å². The minimum Gasteiger partial charge on any atom is -0.458 e. The number of rotatable bonds is 18. The highest BCUT2D eigenvalue weighted by atomic mass is 19.1. The summed E-state index contributed by atoms with van der Waals surface area (Å²) in [6.07, 6.45) is -0.130. The Kier molecular flexibility index (Phi) is 14.6. The summed E-state index contributed by atoms with van der Waals surface area (Å²) in [7, 11) is 0. The molecular formula is C50H57FN6O11. The van der Waals surface area contributed by atoms with Crippen molar-refractivity contribution < 1.29 is 52.5 Å². The number of alkyl carbamates (subject to hydrolysis) is 1. The summed E-state index contributed by atoms with van der Waals surface area (Å²) in [5.74, 6) is -3.31. The number of carbonyl (C=O) groups is 7. The fourth-order valence-electron chi connectivity index (χ4n) is 9.13. The van der Waals surface area contributed by atoms with E-state index in [1.165, 1.54) is 10.6 Å². The Morgan fingerprint density at radius 1 is 0.956 bits per heavy atom. The number of hydrogen-bond donors (Lipinski definition) is 5. The van der Waals surface area contributed by atoms with E-state index in [9.17, 15) is 43.5 Å². The van der Waals surface area contributed by atoms with Gasteiger partial charge in [-0.25, -0.2) is 19.0 Å². The van der Waals surface area contributed by atoms with Gasteiger partial charge in [0.1, 0.15) is 18.0 Å². The molecule has 0 radical (unpaired) electrons. The number of benzene rings is 2. The summed E-state index contributed by atoms with van der Waals surface area (Å²) >= 11 is 0. The molecule has 5 N–H and O–H groups in total. The molecule has 1 aliphatic carbocycles. The molecule has 2 aromatic carbocycles. The third-order valence-electron chi connectivity index (χ3n) is 12.7. The van der Waals surface area contributed by atoms with Crippen LogP contribution in [0, 0.1) is 12.7 Å². The second-order valence-electron chi connectivity index (χ2n) is 18.6. The van der Waals surface area contributed by atoms with Crippen LogP contribution in [0.15, 0.2) is 47.3 Å². The van der Waals surface area contributed by atoms with Gasteiger partial charge in [-0.2, -0.15) is 0 Å². The Morgan fingerprint density at radius 2 is 1.69 bits per heavy atom. The van der Waals surface area contributed by atoms with E-state index in [2.05, 4.69) is 21.3 Å². The molecular weight excluding hydrogens is 880 g/mol. The van der Waals surface area contributed by atoms with Gasteiger partial charge in [-0.05, 0) is 88.1 Å². The second kappa shape index (κ2) is 20.2. The molecule has 0 spiro atoms. The lowest BCUT2D eigenvalue weighted by Gasteiger charge is -2.31. The van der Waals surface area contributed by atoms with Gasteiger partial charge in [-0.15, -0.1) is 0 Å². The van der Waals surface area contributed by atoms with E-state index in [0.717, 1.165) is 16.7 Å². The van der Waals surface area contributed by atoms with Crippen LogP contribution in [0.1, 0.15) is 124 Å². The smallest absolute Gasteiger partial charge is 0.408 e. The van der Waals surface area contributed by atoms with Crippen molar-refractivity contribution in [2.45, 2.75) is 135 Å². The fraction of sp³-hybridized carbons (Fsp3) is 0.460. The predicted octanol–water partition coefficient (Wildman–Crippen LogP) is 4.48. The first-order chi connectivity index (χ1) is 32.3. The molecule has 4 aromatic rings. The van der Waals surface area contributed by atoms with Gasteiger partial charge in [-0.1, -0.05) is 37.3 Å². The molecule has 4 amide bonds. The molecule has 3 atom stereocenters. The lowest BCUT2D eigenvalue weighted by molar-refractivity contribution is -0.172. The van der Waals surface area contributed by atoms with Crippen molar-refractivity contribution in [3.8, 4) is 11.4 Å². The predicted molar refractivity (Wildman–Crippen MR) is 245 cm³/mol. The van der Waals surface area contributed by atoms with Gasteiger partial charge in [0.2, 0.25) is 17.7 Å². The number of amides is 4. The van der Waals surface area contributed by atoms with Crippen molar-refractivity contribution in [3.63, 3.8) is 0 Å². The van der Waals surface area contributed by atoms with Crippen LogP contribution in [0.3, 0.4) is 0 Å². The van der Waals surface area contributed by atoms with Crippen molar-refractivity contribution >= 4 is 52.3 Å². The maximum Gasteiger partial charge on any atom is 0.408 e. The van der Waals surface area contributed by atoms with Crippen molar-refractivity contribution in [1.29, 1.82) is 0 Å². The van der Waals surface area contributed by atoms with E-state index >= 15 is 4.39 Å². The molecule has 68 heavy (non-hydrogen) atoms. The number of carbonyl (C=O) groups excluding carboxylic acids is 7. The fourth-order valence-corrected chi connectivity index (χ4v) is 9.13. The maximum atomic E-state index is 15.3. The SMILES string of the molecule is CC[C@@]1(O)C(=O)OCc2c1cc1n(c2=O)Cc2c-1nc1cc(F)c(C)c3c1c2[C@@H](NC(=O)CCCNC(=O)CCC(=O)[C@H](Cc1ccccc1)NC(=O)CCC(=O)CNC(=O)OC(C)(C)C)CC3. The normalized spacial score (nSPS) is 17.2. The Morgan fingerprint density at radius 3 is 2.41 bits per heavy atom. The average molecular weight is 937 g/mol. The van der Waals surface area contributed by atoms with Crippen LogP contribution >= 0.6 is 0 Å². The molecule has 2 aliphatic heterocycles. The average Bonchev–Trinajstić information content (AvgIpc) is 3.67. The van der Waals surface area contributed by atoms with Crippen LogP contribution < -0.4 is 26.8 Å². The van der Waals surface area contributed by atoms with Crippen LogP contribution in [0.5, 0.6) is 0 Å². The number of ether oxygens (including phenoxy) is 2. The first-order valence-corrected chi connectivity index (χ1v) is 23.0. The summed E-state index contributed by atoms with van der Waals surface area (Å²) in [6.45, 7) is 8.01. The second-order valence-corrected chi connectivity index (χ2v) is 18.6. The Labute approximate surface area is 391 Å². The third-order valence-corrected chi connectivity index (χ3v) is 12.7. The van der Waals surface area contributed by atoms with Crippen molar-refractivity contribution in [2.75, 3.05) is 13.1 Å². The number of hydrogen-bond acceptors (Lipinski definition) is 12. The Balaban J connectivity index is 0.946. The van der Waals surface area contributed by atoms with E-state index < -0.39 is 64.3 Å². The van der Waals surface area contributed by atoms with Crippen LogP contribution in [-0.4, -0.2) is 80.7 Å². The van der Waals surface area contributed by atoms with E-state index in [0.29, 0.717) is 46.3 Å². The summed E-state index contributed by atoms with van der Waals surface area (Å²) in [4.78, 5) is 109. The Bertz CT molecular complexity index is 2770. The minimum absolute atomic E-state index is 0.0273. The number of ketones is 2.